The SMILES string of the molecule is CCOC(=O)C(CCN(C(C)=O)c1ccc(Cl)cc1)C(=O)OCC. The van der Waals surface area contributed by atoms with Crippen LogP contribution in [0.2, 0.25) is 5.02 Å². The lowest BCUT2D eigenvalue weighted by atomic mass is 10.1. The van der Waals surface area contributed by atoms with Crippen molar-refractivity contribution in [3.8, 4) is 0 Å². The van der Waals surface area contributed by atoms with Crippen molar-refractivity contribution in [2.24, 2.45) is 5.92 Å². The van der Waals surface area contributed by atoms with E-state index in [1.165, 1.54) is 11.8 Å². The maximum Gasteiger partial charge on any atom is 0.320 e. The molecule has 7 heteroatoms. The molecule has 0 bridgehead atoms. The molecule has 0 fully saturated rings. The molecule has 0 saturated heterocycles. The summed E-state index contributed by atoms with van der Waals surface area (Å²) in [6.07, 6.45) is 0.111. The van der Waals surface area contributed by atoms with E-state index in [1.807, 2.05) is 0 Å². The van der Waals surface area contributed by atoms with Crippen molar-refractivity contribution >= 4 is 35.1 Å². The Morgan fingerprint density at radius 2 is 1.54 bits per heavy atom. The van der Waals surface area contributed by atoms with Crippen LogP contribution in [0, 0.1) is 5.92 Å². The molecule has 0 radical (unpaired) electrons. The summed E-state index contributed by atoms with van der Waals surface area (Å²) in [7, 11) is 0. The highest BCUT2D eigenvalue weighted by molar-refractivity contribution is 6.30. The Morgan fingerprint density at radius 1 is 1.04 bits per heavy atom. The molecule has 0 N–H and O–H groups in total. The number of anilines is 1. The number of amides is 1. The molecule has 0 heterocycles. The number of ether oxygens (including phenoxy) is 2. The second-order valence-corrected chi connectivity index (χ2v) is 5.43. The van der Waals surface area contributed by atoms with Crippen LogP contribution < -0.4 is 4.90 Å². The van der Waals surface area contributed by atoms with Crippen LogP contribution in [0.5, 0.6) is 0 Å². The smallest absolute Gasteiger partial charge is 0.320 e. The third kappa shape index (κ3) is 5.85. The number of hydrogen-bond donors (Lipinski definition) is 0. The van der Waals surface area contributed by atoms with Crippen molar-refractivity contribution in [1.29, 1.82) is 0 Å². The molecule has 0 aliphatic rings. The van der Waals surface area contributed by atoms with E-state index in [1.54, 1.807) is 38.1 Å². The van der Waals surface area contributed by atoms with Crippen LogP contribution in [0.15, 0.2) is 24.3 Å². The van der Waals surface area contributed by atoms with Gasteiger partial charge in [-0.1, -0.05) is 11.6 Å². The molecule has 0 spiro atoms. The van der Waals surface area contributed by atoms with Gasteiger partial charge in [-0.05, 0) is 44.5 Å². The Labute approximate surface area is 146 Å². The first kappa shape index (κ1) is 20.0. The highest BCUT2D eigenvalue weighted by atomic mass is 35.5. The van der Waals surface area contributed by atoms with Gasteiger partial charge in [0.25, 0.3) is 0 Å². The minimum absolute atomic E-state index is 0.111. The van der Waals surface area contributed by atoms with Gasteiger partial charge >= 0.3 is 11.9 Å². The molecule has 1 amide bonds. The summed E-state index contributed by atoms with van der Waals surface area (Å²) in [6, 6.07) is 6.74. The fraction of sp³-hybridized carbons (Fsp3) is 0.471. The molecule has 1 aromatic rings. The van der Waals surface area contributed by atoms with Gasteiger partial charge < -0.3 is 14.4 Å². The quantitative estimate of drug-likeness (QED) is 0.529. The number of benzene rings is 1. The van der Waals surface area contributed by atoms with E-state index < -0.39 is 17.9 Å². The first-order valence-electron chi connectivity index (χ1n) is 7.77. The first-order chi connectivity index (χ1) is 11.4. The molecule has 1 aromatic carbocycles. The highest BCUT2D eigenvalue weighted by Crippen LogP contribution is 2.20. The second kappa shape index (κ2) is 9.93. The maximum atomic E-state index is 12.0. The fourth-order valence-electron chi connectivity index (χ4n) is 2.17. The van der Waals surface area contributed by atoms with Crippen molar-refractivity contribution in [1.82, 2.24) is 0 Å². The summed E-state index contributed by atoms with van der Waals surface area (Å²) in [5.41, 5.74) is 0.637. The molecule has 0 unspecified atom stereocenters. The number of rotatable bonds is 8. The van der Waals surface area contributed by atoms with E-state index in [4.69, 9.17) is 21.1 Å². The topological polar surface area (TPSA) is 72.9 Å². The van der Waals surface area contributed by atoms with Gasteiger partial charge in [0.2, 0.25) is 5.91 Å². The second-order valence-electron chi connectivity index (χ2n) is 4.99. The fourth-order valence-corrected chi connectivity index (χ4v) is 2.29. The number of halogens is 1. The van der Waals surface area contributed by atoms with Gasteiger partial charge in [-0.15, -0.1) is 0 Å². The molecule has 6 nitrogen and oxygen atoms in total. The molecular weight excluding hydrogens is 334 g/mol. The Balaban J connectivity index is 2.87. The molecule has 0 atom stereocenters. The average molecular weight is 356 g/mol. The number of hydrogen-bond acceptors (Lipinski definition) is 5. The lowest BCUT2D eigenvalue weighted by Crippen LogP contribution is -2.35. The van der Waals surface area contributed by atoms with Gasteiger partial charge in [0.05, 0.1) is 13.2 Å². The number of carbonyl (C=O) groups is 3. The molecule has 0 aromatic heterocycles. The lowest BCUT2D eigenvalue weighted by Gasteiger charge is -2.23. The number of nitrogens with zero attached hydrogens (tertiary/aromatic N) is 1. The summed E-state index contributed by atoms with van der Waals surface area (Å²) in [4.78, 5) is 37.3. The third-order valence-electron chi connectivity index (χ3n) is 3.30. The third-order valence-corrected chi connectivity index (χ3v) is 3.55. The van der Waals surface area contributed by atoms with Crippen LogP contribution in [0.3, 0.4) is 0 Å². The van der Waals surface area contributed by atoms with E-state index in [0.717, 1.165) is 0 Å². The minimum atomic E-state index is -1.06. The summed E-state index contributed by atoms with van der Waals surface area (Å²) in [5.74, 6) is -2.55. The van der Waals surface area contributed by atoms with Gasteiger partial charge in [-0.25, -0.2) is 0 Å². The van der Waals surface area contributed by atoms with Crippen molar-refractivity contribution in [2.75, 3.05) is 24.7 Å². The van der Waals surface area contributed by atoms with Crippen LogP contribution in [0.1, 0.15) is 27.2 Å². The van der Waals surface area contributed by atoms with Gasteiger partial charge in [-0.3, -0.25) is 14.4 Å². The number of esters is 2. The van der Waals surface area contributed by atoms with Gasteiger partial charge in [0.15, 0.2) is 5.92 Å². The molecule has 0 aliphatic heterocycles. The zero-order chi connectivity index (χ0) is 18.1. The van der Waals surface area contributed by atoms with Crippen LogP contribution >= 0.6 is 11.6 Å². The van der Waals surface area contributed by atoms with E-state index in [2.05, 4.69) is 0 Å². The van der Waals surface area contributed by atoms with E-state index in [9.17, 15) is 14.4 Å². The zero-order valence-corrected chi connectivity index (χ0v) is 14.8. The summed E-state index contributed by atoms with van der Waals surface area (Å²) >= 11 is 5.85. The molecule has 0 saturated carbocycles. The van der Waals surface area contributed by atoms with Gasteiger partial charge in [-0.2, -0.15) is 0 Å². The molecule has 24 heavy (non-hydrogen) atoms. The van der Waals surface area contributed by atoms with E-state index in [0.29, 0.717) is 10.7 Å². The molecule has 1 rings (SSSR count). The highest BCUT2D eigenvalue weighted by Gasteiger charge is 2.30. The van der Waals surface area contributed by atoms with E-state index in [-0.39, 0.29) is 32.1 Å². The Hall–Kier alpha value is -2.08. The zero-order valence-electron chi connectivity index (χ0n) is 14.1. The van der Waals surface area contributed by atoms with Crippen molar-refractivity contribution in [3.63, 3.8) is 0 Å². The van der Waals surface area contributed by atoms with E-state index >= 15 is 0 Å². The van der Waals surface area contributed by atoms with Gasteiger partial charge in [0.1, 0.15) is 0 Å². The predicted octanol–water partition coefficient (Wildman–Crippen LogP) is 2.83. The summed E-state index contributed by atoms with van der Waals surface area (Å²) in [5, 5.41) is 0.554. The summed E-state index contributed by atoms with van der Waals surface area (Å²) in [6.45, 7) is 5.26. The van der Waals surface area contributed by atoms with Crippen LogP contribution in [0.4, 0.5) is 5.69 Å². The maximum absolute atomic E-state index is 12.0. The Bertz CT molecular complexity index is 555. The summed E-state index contributed by atoms with van der Waals surface area (Å²) < 4.78 is 9.85. The molecule has 0 aliphatic carbocycles. The van der Waals surface area contributed by atoms with Crippen molar-refractivity contribution < 1.29 is 23.9 Å². The standard InChI is InChI=1S/C17H22ClNO5/c1-4-23-16(21)15(17(22)24-5-2)10-11-19(12(3)20)14-8-6-13(18)7-9-14/h6-9,15H,4-5,10-11H2,1-3H3. The number of carbonyl (C=O) groups excluding carboxylic acids is 3. The lowest BCUT2D eigenvalue weighted by molar-refractivity contribution is -0.161. The first-order valence-corrected chi connectivity index (χ1v) is 8.15. The van der Waals surface area contributed by atoms with Gasteiger partial charge in [0, 0.05) is 24.2 Å². The predicted molar refractivity (Wildman–Crippen MR) is 90.9 cm³/mol. The van der Waals surface area contributed by atoms with Crippen molar-refractivity contribution in [3.05, 3.63) is 29.3 Å². The Kier molecular flexibility index (Phi) is 8.26. The minimum Gasteiger partial charge on any atom is -0.465 e. The van der Waals surface area contributed by atoms with Crippen LogP contribution in [-0.2, 0) is 23.9 Å². The Morgan fingerprint density at radius 3 is 1.96 bits per heavy atom. The monoisotopic (exact) mass is 355 g/mol. The van der Waals surface area contributed by atoms with Crippen LogP contribution in [0.25, 0.3) is 0 Å². The molecular formula is C17H22ClNO5. The largest absolute Gasteiger partial charge is 0.465 e. The van der Waals surface area contributed by atoms with Crippen LogP contribution in [-0.4, -0.2) is 37.6 Å². The normalized spacial score (nSPS) is 10.4. The van der Waals surface area contributed by atoms with Crippen molar-refractivity contribution in [2.45, 2.75) is 27.2 Å². The average Bonchev–Trinajstić information content (AvgIpc) is 2.52. The molecule has 132 valence electrons.